The SMILES string of the molecule is CC(C)CCCC(C)[C@H]1CC[C@@]2(CO)C3=C(CC[C@]12C)[C@@]1(C)CC[C@H](O)C(C)(C)[C@@H]1CC3. The van der Waals surface area contributed by atoms with Crippen LogP contribution in [0.3, 0.4) is 0 Å². The van der Waals surface area contributed by atoms with Crippen LogP contribution in [0.15, 0.2) is 11.1 Å². The average molecular weight is 445 g/mol. The summed E-state index contributed by atoms with van der Waals surface area (Å²) in [4.78, 5) is 0. The topological polar surface area (TPSA) is 40.5 Å². The maximum atomic E-state index is 11.1. The summed E-state index contributed by atoms with van der Waals surface area (Å²) in [6, 6.07) is 0. The molecule has 0 heterocycles. The van der Waals surface area contributed by atoms with Crippen molar-refractivity contribution >= 4 is 0 Å². The minimum Gasteiger partial charge on any atom is -0.395 e. The molecule has 184 valence electrons. The standard InChI is InChI=1S/C30H52O2/c1-20(2)9-8-10-21(3)22-14-18-30(19-31)24-11-12-25-27(4,5)26(32)15-16-28(25,6)23(24)13-17-29(22,30)7/h20-22,25-26,31-32H,8-19H2,1-7H3/t21?,22-,25+,26+,28-,29-,30-/m1/s1. The number of rotatable bonds is 6. The van der Waals surface area contributed by atoms with Gasteiger partial charge in [0.2, 0.25) is 0 Å². The lowest BCUT2D eigenvalue weighted by Crippen LogP contribution is -2.56. The summed E-state index contributed by atoms with van der Waals surface area (Å²) in [6.45, 7) is 17.2. The summed E-state index contributed by atoms with van der Waals surface area (Å²) in [5.41, 5.74) is 3.84. The Morgan fingerprint density at radius 1 is 0.875 bits per heavy atom. The molecule has 4 rings (SSSR count). The molecule has 2 N–H and O–H groups in total. The molecule has 0 amide bonds. The van der Waals surface area contributed by atoms with Crippen molar-refractivity contribution in [3.63, 3.8) is 0 Å². The Labute approximate surface area is 198 Å². The highest BCUT2D eigenvalue weighted by atomic mass is 16.3. The van der Waals surface area contributed by atoms with E-state index < -0.39 is 0 Å². The summed E-state index contributed by atoms with van der Waals surface area (Å²) >= 11 is 0. The fraction of sp³-hybridized carbons (Fsp3) is 0.933. The van der Waals surface area contributed by atoms with Gasteiger partial charge in [-0.2, -0.15) is 0 Å². The second kappa shape index (κ2) is 8.40. The zero-order chi connectivity index (χ0) is 23.5. The highest BCUT2D eigenvalue weighted by Gasteiger charge is 2.64. The molecular formula is C30H52O2. The van der Waals surface area contributed by atoms with Crippen LogP contribution in [0.5, 0.6) is 0 Å². The van der Waals surface area contributed by atoms with Gasteiger partial charge >= 0.3 is 0 Å². The van der Waals surface area contributed by atoms with Crippen molar-refractivity contribution in [1.82, 2.24) is 0 Å². The zero-order valence-corrected chi connectivity index (χ0v) is 22.3. The van der Waals surface area contributed by atoms with Crippen LogP contribution in [-0.4, -0.2) is 22.9 Å². The number of hydrogen-bond donors (Lipinski definition) is 2. The van der Waals surface area contributed by atoms with Crippen LogP contribution in [0.1, 0.15) is 119 Å². The first-order chi connectivity index (χ1) is 14.9. The molecule has 0 saturated heterocycles. The number of hydrogen-bond acceptors (Lipinski definition) is 2. The third kappa shape index (κ3) is 3.40. The third-order valence-electron chi connectivity index (χ3n) is 11.9. The van der Waals surface area contributed by atoms with Gasteiger partial charge in [-0.25, -0.2) is 0 Å². The lowest BCUT2D eigenvalue weighted by atomic mass is 9.43. The van der Waals surface area contributed by atoms with Gasteiger partial charge in [-0.3, -0.25) is 0 Å². The first-order valence-corrected chi connectivity index (χ1v) is 14.0. The van der Waals surface area contributed by atoms with Crippen molar-refractivity contribution in [2.24, 2.45) is 45.3 Å². The van der Waals surface area contributed by atoms with Crippen molar-refractivity contribution in [3.05, 3.63) is 11.1 Å². The Morgan fingerprint density at radius 3 is 2.25 bits per heavy atom. The Kier molecular flexibility index (Phi) is 6.50. The molecule has 2 heteroatoms. The van der Waals surface area contributed by atoms with E-state index in [0.717, 1.165) is 37.0 Å². The van der Waals surface area contributed by atoms with Crippen molar-refractivity contribution in [1.29, 1.82) is 0 Å². The molecule has 2 saturated carbocycles. The Morgan fingerprint density at radius 2 is 1.59 bits per heavy atom. The molecule has 4 aliphatic carbocycles. The first-order valence-electron chi connectivity index (χ1n) is 14.0. The van der Waals surface area contributed by atoms with Crippen LogP contribution in [-0.2, 0) is 0 Å². The van der Waals surface area contributed by atoms with E-state index in [-0.39, 0.29) is 27.8 Å². The van der Waals surface area contributed by atoms with Gasteiger partial charge in [0, 0.05) is 5.41 Å². The van der Waals surface area contributed by atoms with E-state index in [4.69, 9.17) is 0 Å². The van der Waals surface area contributed by atoms with Crippen molar-refractivity contribution < 1.29 is 10.2 Å². The van der Waals surface area contributed by atoms with E-state index in [9.17, 15) is 10.2 Å². The fourth-order valence-corrected chi connectivity index (χ4v) is 9.82. The monoisotopic (exact) mass is 444 g/mol. The predicted octanol–water partition coefficient (Wildman–Crippen LogP) is 7.53. The van der Waals surface area contributed by atoms with Gasteiger partial charge < -0.3 is 10.2 Å². The van der Waals surface area contributed by atoms with Crippen LogP contribution < -0.4 is 0 Å². The minimum atomic E-state index is -0.175. The zero-order valence-electron chi connectivity index (χ0n) is 22.3. The molecule has 0 bridgehead atoms. The van der Waals surface area contributed by atoms with E-state index in [1.165, 1.54) is 51.4 Å². The predicted molar refractivity (Wildman–Crippen MR) is 134 cm³/mol. The van der Waals surface area contributed by atoms with Crippen LogP contribution in [0.25, 0.3) is 0 Å². The van der Waals surface area contributed by atoms with E-state index in [1.54, 1.807) is 11.1 Å². The summed E-state index contributed by atoms with van der Waals surface area (Å²) in [5.74, 6) is 2.86. The molecular weight excluding hydrogens is 392 g/mol. The second-order valence-corrected chi connectivity index (χ2v) is 13.9. The van der Waals surface area contributed by atoms with Gasteiger partial charge in [0.25, 0.3) is 0 Å². The van der Waals surface area contributed by atoms with E-state index in [1.807, 2.05) is 0 Å². The fourth-order valence-electron chi connectivity index (χ4n) is 9.82. The van der Waals surface area contributed by atoms with E-state index in [0.29, 0.717) is 12.5 Å². The quantitative estimate of drug-likeness (QED) is 0.416. The Bertz CT molecular complexity index is 735. The van der Waals surface area contributed by atoms with Gasteiger partial charge in [0.1, 0.15) is 0 Å². The van der Waals surface area contributed by atoms with Gasteiger partial charge in [0.15, 0.2) is 0 Å². The molecule has 4 aliphatic rings. The molecule has 0 aromatic heterocycles. The third-order valence-corrected chi connectivity index (χ3v) is 11.9. The summed E-state index contributed by atoms with van der Waals surface area (Å²) < 4.78 is 0. The minimum absolute atomic E-state index is 0.00570. The van der Waals surface area contributed by atoms with Crippen molar-refractivity contribution in [2.45, 2.75) is 125 Å². The average Bonchev–Trinajstić information content (AvgIpc) is 3.04. The molecule has 2 nitrogen and oxygen atoms in total. The van der Waals surface area contributed by atoms with E-state index >= 15 is 0 Å². The maximum absolute atomic E-state index is 11.1. The van der Waals surface area contributed by atoms with Crippen LogP contribution in [0.4, 0.5) is 0 Å². The largest absolute Gasteiger partial charge is 0.395 e. The maximum Gasteiger partial charge on any atom is 0.0594 e. The highest BCUT2D eigenvalue weighted by molar-refractivity contribution is 5.39. The molecule has 7 atom stereocenters. The summed E-state index contributed by atoms with van der Waals surface area (Å²) in [6.07, 6.45) is 13.2. The van der Waals surface area contributed by atoms with Gasteiger partial charge in [-0.05, 0) is 91.3 Å². The van der Waals surface area contributed by atoms with Crippen LogP contribution in [0.2, 0.25) is 0 Å². The van der Waals surface area contributed by atoms with Crippen molar-refractivity contribution in [2.75, 3.05) is 6.61 Å². The van der Waals surface area contributed by atoms with Crippen LogP contribution in [0, 0.1) is 45.3 Å². The normalized spacial score (nSPS) is 44.2. The van der Waals surface area contributed by atoms with Gasteiger partial charge in [-0.1, -0.05) is 78.9 Å². The number of fused-ring (bicyclic) bond motifs is 4. The lowest BCUT2D eigenvalue weighted by Gasteiger charge is -2.62. The molecule has 2 fully saturated rings. The van der Waals surface area contributed by atoms with Crippen molar-refractivity contribution in [3.8, 4) is 0 Å². The molecule has 0 aromatic carbocycles. The van der Waals surface area contributed by atoms with Gasteiger partial charge in [-0.15, -0.1) is 0 Å². The molecule has 0 aliphatic heterocycles. The smallest absolute Gasteiger partial charge is 0.0594 e. The second-order valence-electron chi connectivity index (χ2n) is 13.9. The Hall–Kier alpha value is -0.340. The lowest BCUT2D eigenvalue weighted by molar-refractivity contribution is -0.0997. The molecule has 0 aromatic rings. The van der Waals surface area contributed by atoms with E-state index in [2.05, 4.69) is 48.5 Å². The summed E-state index contributed by atoms with van der Waals surface area (Å²) in [5, 5.41) is 21.9. The van der Waals surface area contributed by atoms with Gasteiger partial charge in [0.05, 0.1) is 12.7 Å². The summed E-state index contributed by atoms with van der Waals surface area (Å²) in [7, 11) is 0. The van der Waals surface area contributed by atoms with Crippen LogP contribution >= 0.6 is 0 Å². The molecule has 0 radical (unpaired) electrons. The number of allylic oxidation sites excluding steroid dienone is 1. The Balaban J connectivity index is 1.67. The molecule has 0 spiro atoms. The molecule has 32 heavy (non-hydrogen) atoms. The first kappa shape index (κ1) is 24.8. The number of aliphatic hydroxyl groups excluding tert-OH is 2. The highest BCUT2D eigenvalue weighted by Crippen LogP contribution is 2.72. The molecule has 1 unspecified atom stereocenters. The number of aliphatic hydroxyl groups is 2.